The third-order valence-electron chi connectivity index (χ3n) is 3.63. The first-order valence-corrected chi connectivity index (χ1v) is 6.36. The van der Waals surface area contributed by atoms with Gasteiger partial charge in [0.1, 0.15) is 0 Å². The average Bonchev–Trinajstić information content (AvgIpc) is 2.35. The fraction of sp³-hybridized carbons (Fsp3) is 0.917. The highest BCUT2D eigenvalue weighted by molar-refractivity contribution is 5.77. The SMILES string of the molecule is CCN(C)C(=O)CNC1CCCCC1CN. The van der Waals surface area contributed by atoms with Crippen LogP contribution < -0.4 is 11.1 Å². The molecule has 1 amide bonds. The van der Waals surface area contributed by atoms with Crippen molar-refractivity contribution in [2.45, 2.75) is 38.6 Å². The summed E-state index contributed by atoms with van der Waals surface area (Å²) in [5.41, 5.74) is 5.75. The maximum Gasteiger partial charge on any atom is 0.236 e. The van der Waals surface area contributed by atoms with Crippen LogP contribution in [-0.2, 0) is 4.79 Å². The normalized spacial score (nSPS) is 25.4. The van der Waals surface area contributed by atoms with Crippen LogP contribution in [0.4, 0.5) is 0 Å². The first-order chi connectivity index (χ1) is 7.69. The van der Waals surface area contributed by atoms with Gasteiger partial charge in [-0.3, -0.25) is 4.79 Å². The Hall–Kier alpha value is -0.610. The maximum absolute atomic E-state index is 11.6. The number of carbonyl (C=O) groups is 1. The molecule has 2 atom stereocenters. The molecule has 1 saturated carbocycles. The lowest BCUT2D eigenvalue weighted by molar-refractivity contribution is -0.129. The molecule has 0 bridgehead atoms. The summed E-state index contributed by atoms with van der Waals surface area (Å²) >= 11 is 0. The standard InChI is InChI=1S/C12H25N3O/c1-3-15(2)12(16)9-14-11-7-5-4-6-10(11)8-13/h10-11,14H,3-9,13H2,1-2H3. The second kappa shape index (κ2) is 6.86. The van der Waals surface area contributed by atoms with Gasteiger partial charge in [0, 0.05) is 19.6 Å². The van der Waals surface area contributed by atoms with E-state index in [1.54, 1.807) is 4.90 Å². The smallest absolute Gasteiger partial charge is 0.236 e. The molecule has 2 unspecified atom stereocenters. The first-order valence-electron chi connectivity index (χ1n) is 6.36. The summed E-state index contributed by atoms with van der Waals surface area (Å²) in [6.07, 6.45) is 4.89. The van der Waals surface area contributed by atoms with Crippen LogP contribution in [0, 0.1) is 5.92 Å². The van der Waals surface area contributed by atoms with Crippen molar-refractivity contribution in [1.29, 1.82) is 0 Å². The zero-order valence-corrected chi connectivity index (χ0v) is 10.5. The van der Waals surface area contributed by atoms with Crippen molar-refractivity contribution in [1.82, 2.24) is 10.2 Å². The molecule has 1 rings (SSSR count). The van der Waals surface area contributed by atoms with E-state index in [1.807, 2.05) is 14.0 Å². The zero-order valence-electron chi connectivity index (χ0n) is 10.5. The van der Waals surface area contributed by atoms with Gasteiger partial charge in [-0.2, -0.15) is 0 Å². The Bertz CT molecular complexity index is 220. The van der Waals surface area contributed by atoms with Gasteiger partial charge in [0.05, 0.1) is 6.54 Å². The number of hydrogen-bond acceptors (Lipinski definition) is 3. The molecule has 16 heavy (non-hydrogen) atoms. The maximum atomic E-state index is 11.6. The van der Waals surface area contributed by atoms with Gasteiger partial charge in [-0.05, 0) is 32.2 Å². The van der Waals surface area contributed by atoms with Crippen molar-refractivity contribution in [3.63, 3.8) is 0 Å². The summed E-state index contributed by atoms with van der Waals surface area (Å²) in [5.74, 6) is 0.720. The van der Waals surface area contributed by atoms with Crippen LogP contribution in [0.3, 0.4) is 0 Å². The van der Waals surface area contributed by atoms with E-state index in [2.05, 4.69) is 5.32 Å². The van der Waals surface area contributed by atoms with Crippen LogP contribution >= 0.6 is 0 Å². The monoisotopic (exact) mass is 227 g/mol. The molecule has 0 saturated heterocycles. The van der Waals surface area contributed by atoms with Crippen LogP contribution in [-0.4, -0.2) is 43.5 Å². The largest absolute Gasteiger partial charge is 0.345 e. The minimum Gasteiger partial charge on any atom is -0.345 e. The molecule has 1 aliphatic rings. The molecule has 0 aliphatic heterocycles. The Balaban J connectivity index is 2.32. The number of likely N-dealkylation sites (N-methyl/N-ethyl adjacent to an activating group) is 1. The Morgan fingerprint density at radius 1 is 1.44 bits per heavy atom. The van der Waals surface area contributed by atoms with Crippen molar-refractivity contribution in [2.75, 3.05) is 26.7 Å². The zero-order chi connectivity index (χ0) is 12.0. The van der Waals surface area contributed by atoms with Crippen molar-refractivity contribution < 1.29 is 4.79 Å². The Morgan fingerprint density at radius 3 is 2.75 bits per heavy atom. The molecular weight excluding hydrogens is 202 g/mol. The van der Waals surface area contributed by atoms with E-state index in [9.17, 15) is 4.79 Å². The number of nitrogens with zero attached hydrogens (tertiary/aromatic N) is 1. The summed E-state index contributed by atoms with van der Waals surface area (Å²) in [6, 6.07) is 0.438. The quantitative estimate of drug-likeness (QED) is 0.722. The number of nitrogens with two attached hydrogens (primary N) is 1. The van der Waals surface area contributed by atoms with Crippen molar-refractivity contribution in [2.24, 2.45) is 11.7 Å². The molecular formula is C12H25N3O. The third kappa shape index (κ3) is 3.76. The van der Waals surface area contributed by atoms with E-state index in [4.69, 9.17) is 5.73 Å². The first kappa shape index (κ1) is 13.5. The lowest BCUT2D eigenvalue weighted by Crippen LogP contribution is -2.46. The van der Waals surface area contributed by atoms with E-state index in [1.165, 1.54) is 19.3 Å². The van der Waals surface area contributed by atoms with Crippen LogP contribution in [0.15, 0.2) is 0 Å². The van der Waals surface area contributed by atoms with E-state index >= 15 is 0 Å². The lowest BCUT2D eigenvalue weighted by atomic mass is 9.84. The fourth-order valence-corrected chi connectivity index (χ4v) is 2.29. The Labute approximate surface area is 98.6 Å². The highest BCUT2D eigenvalue weighted by atomic mass is 16.2. The average molecular weight is 227 g/mol. The second-order valence-electron chi connectivity index (χ2n) is 4.68. The van der Waals surface area contributed by atoms with Crippen molar-refractivity contribution >= 4 is 5.91 Å². The third-order valence-corrected chi connectivity index (χ3v) is 3.63. The van der Waals surface area contributed by atoms with Gasteiger partial charge in [-0.1, -0.05) is 12.8 Å². The number of amides is 1. The van der Waals surface area contributed by atoms with Crippen LogP contribution in [0.25, 0.3) is 0 Å². The lowest BCUT2D eigenvalue weighted by Gasteiger charge is -2.31. The highest BCUT2D eigenvalue weighted by Crippen LogP contribution is 2.23. The number of hydrogen-bond donors (Lipinski definition) is 2. The second-order valence-corrected chi connectivity index (χ2v) is 4.68. The van der Waals surface area contributed by atoms with E-state index in [0.29, 0.717) is 18.5 Å². The predicted molar refractivity (Wildman–Crippen MR) is 66.1 cm³/mol. The molecule has 0 aromatic heterocycles. The van der Waals surface area contributed by atoms with E-state index in [-0.39, 0.29) is 5.91 Å². The van der Waals surface area contributed by atoms with Crippen LogP contribution in [0.1, 0.15) is 32.6 Å². The molecule has 0 aromatic carbocycles. The summed E-state index contributed by atoms with van der Waals surface area (Å²) in [4.78, 5) is 13.4. The summed E-state index contributed by atoms with van der Waals surface area (Å²) in [7, 11) is 1.84. The topological polar surface area (TPSA) is 58.4 Å². The van der Waals surface area contributed by atoms with Gasteiger partial charge < -0.3 is 16.0 Å². The van der Waals surface area contributed by atoms with Crippen molar-refractivity contribution in [3.8, 4) is 0 Å². The highest BCUT2D eigenvalue weighted by Gasteiger charge is 2.24. The minimum absolute atomic E-state index is 0.170. The van der Waals surface area contributed by atoms with Gasteiger partial charge in [-0.25, -0.2) is 0 Å². The van der Waals surface area contributed by atoms with Gasteiger partial charge in [-0.15, -0.1) is 0 Å². The molecule has 4 nitrogen and oxygen atoms in total. The predicted octanol–water partition coefficient (Wildman–Crippen LogP) is 0.572. The summed E-state index contributed by atoms with van der Waals surface area (Å²) in [6.45, 7) is 3.94. The van der Waals surface area contributed by atoms with E-state index < -0.39 is 0 Å². The number of carbonyl (C=O) groups excluding carboxylic acids is 1. The molecule has 4 heteroatoms. The Kier molecular flexibility index (Phi) is 5.77. The van der Waals surface area contributed by atoms with Crippen LogP contribution in [0.5, 0.6) is 0 Å². The van der Waals surface area contributed by atoms with Gasteiger partial charge in [0.2, 0.25) is 5.91 Å². The molecule has 0 aromatic rings. The molecule has 3 N–H and O–H groups in total. The fourth-order valence-electron chi connectivity index (χ4n) is 2.29. The Morgan fingerprint density at radius 2 is 2.12 bits per heavy atom. The molecule has 0 radical (unpaired) electrons. The van der Waals surface area contributed by atoms with Gasteiger partial charge >= 0.3 is 0 Å². The summed E-state index contributed by atoms with van der Waals surface area (Å²) in [5, 5.41) is 3.37. The number of rotatable bonds is 5. The van der Waals surface area contributed by atoms with Crippen LogP contribution in [0.2, 0.25) is 0 Å². The van der Waals surface area contributed by atoms with Gasteiger partial charge in [0.25, 0.3) is 0 Å². The van der Waals surface area contributed by atoms with Crippen molar-refractivity contribution in [3.05, 3.63) is 0 Å². The molecule has 0 spiro atoms. The molecule has 1 aliphatic carbocycles. The molecule has 94 valence electrons. The number of nitrogens with one attached hydrogen (secondary N) is 1. The molecule has 0 heterocycles. The molecule has 1 fully saturated rings. The minimum atomic E-state index is 0.170. The summed E-state index contributed by atoms with van der Waals surface area (Å²) < 4.78 is 0. The van der Waals surface area contributed by atoms with Gasteiger partial charge in [0.15, 0.2) is 0 Å². The van der Waals surface area contributed by atoms with E-state index in [0.717, 1.165) is 19.5 Å².